The molecule has 0 aliphatic heterocycles. The number of nitrogens with one attached hydrogen (secondary N) is 1. The highest BCUT2D eigenvalue weighted by molar-refractivity contribution is 7.22. The van der Waals surface area contributed by atoms with E-state index < -0.39 is 0 Å². The van der Waals surface area contributed by atoms with Gasteiger partial charge in [0.2, 0.25) is 0 Å². The lowest BCUT2D eigenvalue weighted by Gasteiger charge is -2.01. The van der Waals surface area contributed by atoms with Gasteiger partial charge < -0.3 is 11.1 Å². The van der Waals surface area contributed by atoms with Gasteiger partial charge in [0.05, 0.1) is 10.4 Å². The number of aromatic nitrogens is 1. The molecule has 0 radical (unpaired) electrons. The Labute approximate surface area is 92.1 Å². The lowest BCUT2D eigenvalue weighted by atomic mass is 10.3. The van der Waals surface area contributed by atoms with Crippen LogP contribution < -0.4 is 11.1 Å². The molecule has 0 saturated carbocycles. The predicted molar refractivity (Wildman–Crippen MR) is 64.9 cm³/mol. The van der Waals surface area contributed by atoms with E-state index in [2.05, 4.69) is 10.3 Å². The quantitative estimate of drug-likeness (QED) is 0.787. The zero-order chi connectivity index (χ0) is 11.4. The summed E-state index contributed by atoms with van der Waals surface area (Å²) in [5, 5.41) is 3.22. The topological polar surface area (TPSA) is 50.9 Å². The molecule has 2 rings (SSSR count). The number of rotatable bonds is 1. The molecule has 1 aromatic heterocycles. The molecule has 1 aromatic carbocycles. The molecular weight excluding hydrogens is 213 g/mol. The monoisotopic (exact) mass is 227 g/mol. The van der Waals surface area contributed by atoms with Gasteiger partial charge >= 0.3 is 0 Å². The Morgan fingerprint density at radius 2 is 2.07 bits per heavy atom. The molecule has 0 aliphatic carbocycles. The number of thiazole rings is 1. The maximum absolute atomic E-state index is 13.2. The predicted octanol–water partition coefficient (Wildman–Crippen LogP) is 3.09. The first-order valence-corrected chi connectivity index (χ1v) is 5.56. The minimum atomic E-state index is -0.305. The second-order valence-electron chi connectivity index (χ2n) is 2.57. The van der Waals surface area contributed by atoms with Gasteiger partial charge in [-0.15, -0.1) is 0 Å². The van der Waals surface area contributed by atoms with Crippen LogP contribution in [-0.2, 0) is 0 Å². The third-order valence-corrected chi connectivity index (χ3v) is 2.63. The lowest BCUT2D eigenvalue weighted by Crippen LogP contribution is -1.93. The van der Waals surface area contributed by atoms with E-state index >= 15 is 0 Å². The summed E-state index contributed by atoms with van der Waals surface area (Å²) in [4.78, 5) is 4.04. The number of halogens is 1. The molecule has 0 aliphatic rings. The molecule has 15 heavy (non-hydrogen) atoms. The number of nitrogens with zero attached hydrogens (tertiary/aromatic N) is 1. The minimum absolute atomic E-state index is 0.305. The third-order valence-electron chi connectivity index (χ3n) is 1.78. The Bertz CT molecular complexity index is 453. The number of hydrogen-bond donors (Lipinski definition) is 2. The second kappa shape index (κ2) is 4.93. The fourth-order valence-electron chi connectivity index (χ4n) is 1.22. The van der Waals surface area contributed by atoms with Crippen molar-refractivity contribution in [2.75, 3.05) is 18.1 Å². The Morgan fingerprint density at radius 3 is 2.67 bits per heavy atom. The summed E-state index contributed by atoms with van der Waals surface area (Å²) in [7, 11) is 1.66. The summed E-state index contributed by atoms with van der Waals surface area (Å²) >= 11 is 1.35. The van der Waals surface area contributed by atoms with Crippen molar-refractivity contribution in [3.05, 3.63) is 17.9 Å². The van der Waals surface area contributed by atoms with E-state index in [4.69, 9.17) is 5.73 Å². The Morgan fingerprint density at radius 1 is 1.40 bits per heavy atom. The molecule has 5 heteroatoms. The standard InChI is InChI=1S/C8H8FN3S.C2H6/c1-11-6-4(9)2-3-5-7(6)12-8(10)13-5;1-2/h2-3,11H,1H3,(H2,10,12);1-2H3. The maximum Gasteiger partial charge on any atom is 0.181 e. The number of fused-ring (bicyclic) bond motifs is 1. The van der Waals surface area contributed by atoms with Crippen molar-refractivity contribution in [2.45, 2.75) is 13.8 Å². The van der Waals surface area contributed by atoms with E-state index in [9.17, 15) is 4.39 Å². The van der Waals surface area contributed by atoms with Gasteiger partial charge in [-0.2, -0.15) is 0 Å². The van der Waals surface area contributed by atoms with Crippen LogP contribution >= 0.6 is 11.3 Å². The van der Waals surface area contributed by atoms with Crippen molar-refractivity contribution in [1.82, 2.24) is 4.98 Å². The molecule has 2 aromatic rings. The van der Waals surface area contributed by atoms with Gasteiger partial charge in [0, 0.05) is 7.05 Å². The number of nitrogen functional groups attached to an aromatic ring is 1. The second-order valence-corrected chi connectivity index (χ2v) is 3.63. The summed E-state index contributed by atoms with van der Waals surface area (Å²) < 4.78 is 14.1. The van der Waals surface area contributed by atoms with Gasteiger partial charge in [0.1, 0.15) is 11.3 Å². The van der Waals surface area contributed by atoms with Crippen molar-refractivity contribution in [3.63, 3.8) is 0 Å². The normalized spacial score (nSPS) is 9.60. The minimum Gasteiger partial charge on any atom is -0.384 e. The van der Waals surface area contributed by atoms with Gasteiger partial charge in [-0.3, -0.25) is 0 Å². The van der Waals surface area contributed by atoms with Gasteiger partial charge in [-0.25, -0.2) is 9.37 Å². The van der Waals surface area contributed by atoms with Crippen LogP contribution in [0.4, 0.5) is 15.2 Å². The van der Waals surface area contributed by atoms with Gasteiger partial charge in [0.15, 0.2) is 5.13 Å². The van der Waals surface area contributed by atoms with Crippen molar-refractivity contribution >= 4 is 32.4 Å². The van der Waals surface area contributed by atoms with Crippen molar-refractivity contribution in [1.29, 1.82) is 0 Å². The lowest BCUT2D eigenvalue weighted by molar-refractivity contribution is 0.633. The molecule has 0 fully saturated rings. The fraction of sp³-hybridized carbons (Fsp3) is 0.300. The molecule has 0 unspecified atom stereocenters. The highest BCUT2D eigenvalue weighted by Crippen LogP contribution is 2.30. The average Bonchev–Trinajstić information content (AvgIpc) is 2.61. The molecule has 0 spiro atoms. The van der Waals surface area contributed by atoms with Gasteiger partial charge in [0.25, 0.3) is 0 Å². The van der Waals surface area contributed by atoms with E-state index in [0.717, 1.165) is 4.70 Å². The molecule has 3 N–H and O–H groups in total. The van der Waals surface area contributed by atoms with Crippen molar-refractivity contribution < 1.29 is 4.39 Å². The SMILES string of the molecule is CC.CNc1c(F)ccc2sc(N)nc12. The summed E-state index contributed by atoms with van der Waals surface area (Å²) in [6.07, 6.45) is 0. The fourth-order valence-corrected chi connectivity index (χ4v) is 1.97. The molecule has 0 bridgehead atoms. The van der Waals surface area contributed by atoms with Gasteiger partial charge in [-0.1, -0.05) is 25.2 Å². The first kappa shape index (κ1) is 11.7. The van der Waals surface area contributed by atoms with Crippen LogP contribution in [0.15, 0.2) is 12.1 Å². The van der Waals surface area contributed by atoms with Crippen molar-refractivity contribution in [3.8, 4) is 0 Å². The van der Waals surface area contributed by atoms with Crippen LogP contribution in [0.2, 0.25) is 0 Å². The van der Waals surface area contributed by atoms with Crippen LogP contribution in [-0.4, -0.2) is 12.0 Å². The molecule has 82 valence electrons. The number of hydrogen-bond acceptors (Lipinski definition) is 4. The average molecular weight is 227 g/mol. The molecule has 0 saturated heterocycles. The Balaban J connectivity index is 0.000000531. The summed E-state index contributed by atoms with van der Waals surface area (Å²) in [6, 6.07) is 3.09. The van der Waals surface area contributed by atoms with Gasteiger partial charge in [-0.05, 0) is 12.1 Å². The van der Waals surface area contributed by atoms with Crippen LogP contribution in [0.5, 0.6) is 0 Å². The molecule has 3 nitrogen and oxygen atoms in total. The Hall–Kier alpha value is -1.36. The van der Waals surface area contributed by atoms with Crippen molar-refractivity contribution in [2.24, 2.45) is 0 Å². The maximum atomic E-state index is 13.2. The van der Waals surface area contributed by atoms with Crippen LogP contribution in [0, 0.1) is 5.82 Å². The van der Waals surface area contributed by atoms with E-state index in [1.54, 1.807) is 13.1 Å². The summed E-state index contributed by atoms with van der Waals surface area (Å²) in [5.74, 6) is -0.305. The summed E-state index contributed by atoms with van der Waals surface area (Å²) in [5.41, 5.74) is 6.53. The molecule has 0 atom stereocenters. The zero-order valence-electron chi connectivity index (χ0n) is 8.97. The van der Waals surface area contributed by atoms with Crippen LogP contribution in [0.1, 0.15) is 13.8 Å². The number of anilines is 2. The van der Waals surface area contributed by atoms with E-state index in [1.807, 2.05) is 13.8 Å². The van der Waals surface area contributed by atoms with E-state index in [1.165, 1.54) is 17.4 Å². The smallest absolute Gasteiger partial charge is 0.181 e. The van der Waals surface area contributed by atoms with Crippen LogP contribution in [0.25, 0.3) is 10.2 Å². The molecule has 0 amide bonds. The first-order chi connectivity index (χ1) is 7.22. The largest absolute Gasteiger partial charge is 0.384 e. The Kier molecular flexibility index (Phi) is 3.85. The van der Waals surface area contributed by atoms with E-state index in [0.29, 0.717) is 16.3 Å². The molecule has 1 heterocycles. The number of nitrogens with two attached hydrogens (primary N) is 1. The summed E-state index contributed by atoms with van der Waals surface area (Å²) in [6.45, 7) is 4.00. The highest BCUT2D eigenvalue weighted by Gasteiger charge is 2.09. The number of benzene rings is 1. The zero-order valence-corrected chi connectivity index (χ0v) is 9.78. The third kappa shape index (κ3) is 2.18. The molecular formula is C10H14FN3S. The van der Waals surface area contributed by atoms with E-state index in [-0.39, 0.29) is 5.82 Å². The highest BCUT2D eigenvalue weighted by atomic mass is 32.1. The first-order valence-electron chi connectivity index (χ1n) is 4.74. The van der Waals surface area contributed by atoms with Crippen LogP contribution in [0.3, 0.4) is 0 Å².